The highest BCUT2D eigenvalue weighted by Crippen LogP contribution is 2.32. The highest BCUT2D eigenvalue weighted by Gasteiger charge is 2.25. The first kappa shape index (κ1) is 20.8. The van der Waals surface area contributed by atoms with Gasteiger partial charge in [-0.05, 0) is 18.9 Å². The number of nitrogens with one attached hydrogen (secondary N) is 2. The number of methoxy groups -OCH3 is 1. The molecule has 4 rings (SSSR count). The molecule has 10 nitrogen and oxygen atoms in total. The van der Waals surface area contributed by atoms with Crippen molar-refractivity contribution in [1.29, 1.82) is 0 Å². The van der Waals surface area contributed by atoms with Crippen molar-refractivity contribution >= 4 is 34.1 Å². The van der Waals surface area contributed by atoms with Gasteiger partial charge in [0, 0.05) is 19.1 Å². The van der Waals surface area contributed by atoms with E-state index in [0.29, 0.717) is 22.5 Å². The summed E-state index contributed by atoms with van der Waals surface area (Å²) in [4.78, 5) is 20.6. The second kappa shape index (κ2) is 8.34. The molecule has 1 aliphatic carbocycles. The number of hydrogen-bond donors (Lipinski definition) is 4. The SMILES string of the molecule is COc1ncc(Nc2nc(N[C@@H]3CCCC[C@@H]3N)c(F)cc2C(N)=O)c2cnn(C)c12. The maximum Gasteiger partial charge on any atom is 0.252 e. The van der Waals surface area contributed by atoms with Crippen LogP contribution in [0.25, 0.3) is 10.9 Å². The Morgan fingerprint density at radius 2 is 2.06 bits per heavy atom. The van der Waals surface area contributed by atoms with E-state index >= 15 is 0 Å². The summed E-state index contributed by atoms with van der Waals surface area (Å²) in [5.41, 5.74) is 12.7. The lowest BCUT2D eigenvalue weighted by molar-refractivity contribution is 0.100. The van der Waals surface area contributed by atoms with Crippen LogP contribution in [0.5, 0.6) is 5.88 Å². The standard InChI is InChI=1S/C20H25FN8O2/c1-29-16-11(8-25-29)15(9-24-20(16)31-2)27-18-10(17(23)30)7-12(21)19(28-18)26-14-6-4-3-5-13(14)22/h7-9,13-14H,3-6,22H2,1-2H3,(H2,23,30)(H2,26,27,28)/t13-,14+/m0/s1. The first-order valence-electron chi connectivity index (χ1n) is 10.0. The third-order valence-corrected chi connectivity index (χ3v) is 5.57. The Kier molecular flexibility index (Phi) is 5.59. The van der Waals surface area contributed by atoms with E-state index in [1.807, 2.05) is 0 Å². The minimum Gasteiger partial charge on any atom is -0.479 e. The van der Waals surface area contributed by atoms with Crippen molar-refractivity contribution in [3.8, 4) is 5.88 Å². The fourth-order valence-electron chi connectivity index (χ4n) is 3.91. The van der Waals surface area contributed by atoms with Gasteiger partial charge in [-0.15, -0.1) is 0 Å². The molecule has 164 valence electrons. The van der Waals surface area contributed by atoms with E-state index in [-0.39, 0.29) is 29.3 Å². The van der Waals surface area contributed by atoms with E-state index in [1.165, 1.54) is 13.3 Å². The Hall–Kier alpha value is -3.47. The maximum atomic E-state index is 14.7. The number of fused-ring (bicyclic) bond motifs is 1. The monoisotopic (exact) mass is 428 g/mol. The maximum absolute atomic E-state index is 14.7. The molecule has 11 heteroatoms. The molecule has 31 heavy (non-hydrogen) atoms. The van der Waals surface area contributed by atoms with Gasteiger partial charge >= 0.3 is 0 Å². The lowest BCUT2D eigenvalue weighted by Crippen LogP contribution is -2.43. The molecule has 0 unspecified atom stereocenters. The van der Waals surface area contributed by atoms with Gasteiger partial charge in [0.05, 0.1) is 36.1 Å². The van der Waals surface area contributed by atoms with E-state index in [1.54, 1.807) is 17.9 Å². The molecule has 0 spiro atoms. The van der Waals surface area contributed by atoms with Gasteiger partial charge in [0.25, 0.3) is 5.91 Å². The third-order valence-electron chi connectivity index (χ3n) is 5.57. The molecule has 0 aliphatic heterocycles. The van der Waals surface area contributed by atoms with Gasteiger partial charge in [-0.2, -0.15) is 5.10 Å². The van der Waals surface area contributed by atoms with Crippen LogP contribution in [0.2, 0.25) is 0 Å². The molecule has 0 radical (unpaired) electrons. The molecule has 3 aromatic heterocycles. The van der Waals surface area contributed by atoms with E-state index in [2.05, 4.69) is 25.7 Å². The Morgan fingerprint density at radius 1 is 1.29 bits per heavy atom. The van der Waals surface area contributed by atoms with Crippen molar-refractivity contribution in [2.24, 2.45) is 18.5 Å². The van der Waals surface area contributed by atoms with Crippen molar-refractivity contribution in [2.75, 3.05) is 17.7 Å². The van der Waals surface area contributed by atoms with Crippen molar-refractivity contribution < 1.29 is 13.9 Å². The molecule has 3 aromatic rings. The summed E-state index contributed by atoms with van der Waals surface area (Å²) in [6.45, 7) is 0. The molecule has 1 amide bonds. The number of pyridine rings is 2. The number of nitrogens with zero attached hydrogens (tertiary/aromatic N) is 4. The van der Waals surface area contributed by atoms with Crippen molar-refractivity contribution in [1.82, 2.24) is 19.7 Å². The van der Waals surface area contributed by atoms with Crippen LogP contribution in [0, 0.1) is 5.82 Å². The van der Waals surface area contributed by atoms with Crippen LogP contribution < -0.4 is 26.8 Å². The molecule has 1 aliphatic rings. The van der Waals surface area contributed by atoms with Crippen molar-refractivity contribution in [3.05, 3.63) is 29.8 Å². The Balaban J connectivity index is 1.73. The molecular formula is C20H25FN8O2. The largest absolute Gasteiger partial charge is 0.479 e. The number of amides is 1. The van der Waals surface area contributed by atoms with E-state index < -0.39 is 11.7 Å². The summed E-state index contributed by atoms with van der Waals surface area (Å²) in [5.74, 6) is -0.955. The molecule has 3 heterocycles. The number of nitrogens with two attached hydrogens (primary N) is 2. The predicted octanol–water partition coefficient (Wildman–Crippen LogP) is 2.04. The average Bonchev–Trinajstić information content (AvgIpc) is 3.14. The summed E-state index contributed by atoms with van der Waals surface area (Å²) in [6, 6.07) is 0.879. The number of halogens is 1. The molecule has 0 saturated heterocycles. The number of primary amides is 1. The number of anilines is 3. The first-order valence-corrected chi connectivity index (χ1v) is 10.0. The average molecular weight is 428 g/mol. The van der Waals surface area contributed by atoms with Crippen molar-refractivity contribution in [2.45, 2.75) is 37.8 Å². The van der Waals surface area contributed by atoms with Gasteiger partial charge in [0.15, 0.2) is 11.6 Å². The smallest absolute Gasteiger partial charge is 0.252 e. The summed E-state index contributed by atoms with van der Waals surface area (Å²) in [7, 11) is 3.28. The topological polar surface area (TPSA) is 146 Å². The van der Waals surface area contributed by atoms with Crippen molar-refractivity contribution in [3.63, 3.8) is 0 Å². The molecule has 2 atom stereocenters. The summed E-state index contributed by atoms with van der Waals surface area (Å²) < 4.78 is 21.6. The van der Waals surface area contributed by atoms with Crippen LogP contribution in [0.1, 0.15) is 36.0 Å². The van der Waals surface area contributed by atoms with Gasteiger partial charge in [-0.3, -0.25) is 9.48 Å². The van der Waals surface area contributed by atoms with Gasteiger partial charge in [-0.1, -0.05) is 12.8 Å². The lowest BCUT2D eigenvalue weighted by atomic mass is 9.91. The minimum atomic E-state index is -0.807. The number of aromatic nitrogens is 4. The quantitative estimate of drug-likeness (QED) is 0.466. The second-order valence-corrected chi connectivity index (χ2v) is 7.61. The Bertz CT molecular complexity index is 1130. The van der Waals surface area contributed by atoms with Crippen LogP contribution in [-0.2, 0) is 7.05 Å². The Labute approximate surface area is 178 Å². The predicted molar refractivity (Wildman–Crippen MR) is 115 cm³/mol. The van der Waals surface area contributed by atoms with Crippen LogP contribution in [0.15, 0.2) is 18.5 Å². The summed E-state index contributed by atoms with van der Waals surface area (Å²) >= 11 is 0. The van der Waals surface area contributed by atoms with E-state index in [0.717, 1.165) is 31.7 Å². The number of carbonyl (C=O) groups is 1. The second-order valence-electron chi connectivity index (χ2n) is 7.61. The van der Waals surface area contributed by atoms with Crippen LogP contribution in [0.3, 0.4) is 0 Å². The molecule has 1 saturated carbocycles. The number of hydrogen-bond acceptors (Lipinski definition) is 8. The molecule has 0 aromatic carbocycles. The molecule has 0 bridgehead atoms. The van der Waals surface area contributed by atoms with Crippen LogP contribution in [-0.4, -0.2) is 44.8 Å². The highest BCUT2D eigenvalue weighted by atomic mass is 19.1. The third kappa shape index (κ3) is 3.96. The number of ether oxygens (including phenoxy) is 1. The molecule has 1 fully saturated rings. The first-order chi connectivity index (χ1) is 14.9. The number of rotatable bonds is 6. The normalized spacial score (nSPS) is 18.7. The van der Waals surface area contributed by atoms with E-state index in [9.17, 15) is 9.18 Å². The Morgan fingerprint density at radius 3 is 2.77 bits per heavy atom. The van der Waals surface area contributed by atoms with E-state index in [4.69, 9.17) is 16.2 Å². The number of aryl methyl sites for hydroxylation is 1. The zero-order valence-electron chi connectivity index (χ0n) is 17.4. The fourth-order valence-corrected chi connectivity index (χ4v) is 3.91. The molecular weight excluding hydrogens is 403 g/mol. The van der Waals surface area contributed by atoms with Crippen LogP contribution in [0.4, 0.5) is 21.7 Å². The zero-order valence-corrected chi connectivity index (χ0v) is 17.4. The lowest BCUT2D eigenvalue weighted by Gasteiger charge is -2.30. The highest BCUT2D eigenvalue weighted by molar-refractivity contribution is 6.01. The summed E-state index contributed by atoms with van der Waals surface area (Å²) in [5, 5.41) is 11.1. The van der Waals surface area contributed by atoms with Crippen LogP contribution >= 0.6 is 0 Å². The minimum absolute atomic E-state index is 0.0127. The molecule has 6 N–H and O–H groups in total. The number of carbonyl (C=O) groups excluding carboxylic acids is 1. The fraction of sp³-hybridized carbons (Fsp3) is 0.400. The van der Waals surface area contributed by atoms with Gasteiger partial charge in [-0.25, -0.2) is 14.4 Å². The van der Waals surface area contributed by atoms with Gasteiger partial charge in [0.2, 0.25) is 5.88 Å². The summed E-state index contributed by atoms with van der Waals surface area (Å²) in [6.07, 6.45) is 6.90. The van der Waals surface area contributed by atoms with Gasteiger partial charge in [0.1, 0.15) is 11.3 Å². The van der Waals surface area contributed by atoms with Gasteiger partial charge < -0.3 is 26.8 Å². The zero-order chi connectivity index (χ0) is 22.1.